The fraction of sp³-hybridized carbons (Fsp3) is 0.774. The molecule has 0 saturated heterocycles. The van der Waals surface area contributed by atoms with Gasteiger partial charge in [-0.2, -0.15) is 13.0 Å². The topological polar surface area (TPSA) is 387 Å². The van der Waals surface area contributed by atoms with Crippen LogP contribution in [0, 0.1) is 0 Å². The number of carboxylic acids is 1. The molecule has 4 rings (SSSR count). The van der Waals surface area contributed by atoms with E-state index < -0.39 is 26.9 Å². The Morgan fingerprint density at radius 3 is 1.11 bits per heavy atom. The minimum absolute atomic E-state index is 0.0646. The standard InChI is InChI=1S/C84H143N3O33S2/c1-83(2)75-71-73(121-120-119-91)17-19-77(75)86(23-11-7-9-16-82(89)90)79(83)13-12-14-80-84(3,4)76-72-74(122(92,93)94)18-20-78(76)87(80)22-10-6-8-15-81(88)85-21-24-96-27-28-98-31-32-100-35-36-102-39-40-104-43-44-106-47-48-108-51-52-110-55-56-112-59-60-114-63-64-116-67-68-118-70-69-117-66-65-115-62-61-113-58-57-111-54-53-109-50-49-107-46-45-105-42-41-103-38-37-101-34-33-99-30-29-97-26-25-95-5/h12-14,17-20,71-72H,6-11,15-16,21-70H2,1-5H3,(H3-,85,88,89,90,91,92,93,94)/p+1. The van der Waals surface area contributed by atoms with Gasteiger partial charge in [-0.25, -0.2) is 5.26 Å². The molecule has 704 valence electrons. The summed E-state index contributed by atoms with van der Waals surface area (Å²) in [4.78, 5) is 26.7. The molecule has 0 fully saturated rings. The summed E-state index contributed by atoms with van der Waals surface area (Å²) in [6, 6.07) is 10.6. The van der Waals surface area contributed by atoms with Gasteiger partial charge in [0.25, 0.3) is 10.1 Å². The second-order valence-corrected chi connectivity index (χ2v) is 30.5. The Morgan fingerprint density at radius 1 is 0.426 bits per heavy atom. The molecule has 2 aromatic carbocycles. The van der Waals surface area contributed by atoms with Gasteiger partial charge in [0.15, 0.2) is 5.71 Å². The highest BCUT2D eigenvalue weighted by Gasteiger charge is 2.45. The van der Waals surface area contributed by atoms with E-state index >= 15 is 0 Å². The number of carboxylic acid groups (broad SMARTS) is 1. The number of unbranched alkanes of at least 4 members (excludes halogenated alkanes) is 4. The van der Waals surface area contributed by atoms with Crippen LogP contribution in [0.15, 0.2) is 70.1 Å². The van der Waals surface area contributed by atoms with Crippen molar-refractivity contribution in [1.29, 1.82) is 0 Å². The Morgan fingerprint density at radius 2 is 0.770 bits per heavy atom. The molecule has 122 heavy (non-hydrogen) atoms. The van der Waals surface area contributed by atoms with E-state index in [9.17, 15) is 27.7 Å². The Kier molecular flexibility index (Phi) is 67.0. The molecule has 0 atom stereocenters. The van der Waals surface area contributed by atoms with Crippen LogP contribution in [-0.4, -0.2) is 383 Å². The van der Waals surface area contributed by atoms with Crippen LogP contribution < -0.4 is 10.2 Å². The van der Waals surface area contributed by atoms with Crippen molar-refractivity contribution in [1.82, 2.24) is 5.32 Å². The van der Waals surface area contributed by atoms with E-state index in [-0.39, 0.29) is 17.2 Å². The van der Waals surface area contributed by atoms with Gasteiger partial charge in [0.05, 0.1) is 333 Å². The third kappa shape index (κ3) is 54.0. The summed E-state index contributed by atoms with van der Waals surface area (Å²) in [6.07, 6.45) is 10.9. The fourth-order valence-electron chi connectivity index (χ4n) is 12.2. The average Bonchev–Trinajstić information content (AvgIpc) is 1.59. The number of benzene rings is 2. The van der Waals surface area contributed by atoms with Crippen molar-refractivity contribution in [3.05, 3.63) is 71.5 Å². The largest absolute Gasteiger partial charge is 0.481 e. The van der Waals surface area contributed by atoms with Crippen molar-refractivity contribution in [2.45, 2.75) is 99.7 Å². The van der Waals surface area contributed by atoms with Crippen molar-refractivity contribution in [2.24, 2.45) is 0 Å². The lowest BCUT2D eigenvalue weighted by Gasteiger charge is -2.27. The fourth-order valence-corrected chi connectivity index (χ4v) is 13.1. The first kappa shape index (κ1) is 110. The minimum Gasteiger partial charge on any atom is -0.481 e. The zero-order chi connectivity index (χ0) is 87.6. The third-order valence-electron chi connectivity index (χ3n) is 18.4. The first-order chi connectivity index (χ1) is 59.6. The van der Waals surface area contributed by atoms with Gasteiger partial charge in [-0.1, -0.05) is 31.4 Å². The van der Waals surface area contributed by atoms with Crippen LogP contribution in [0.2, 0.25) is 0 Å². The lowest BCUT2D eigenvalue weighted by atomic mass is 9.81. The number of allylic oxidation sites excluding steroid dienone is 4. The normalized spacial score (nSPS) is 14.1. The van der Waals surface area contributed by atoms with E-state index in [1.165, 1.54) is 6.07 Å². The van der Waals surface area contributed by atoms with Gasteiger partial charge in [-0.05, 0) is 81.5 Å². The van der Waals surface area contributed by atoms with Crippen molar-refractivity contribution in [3.8, 4) is 0 Å². The van der Waals surface area contributed by atoms with Gasteiger partial charge in [0, 0.05) is 78.9 Å². The number of ether oxygens (including phenoxy) is 24. The average molecular weight is 1790 g/mol. The zero-order valence-corrected chi connectivity index (χ0v) is 74.6. The molecule has 2 aromatic rings. The molecule has 1 amide bonds. The molecule has 38 heteroatoms. The maximum atomic E-state index is 12.8. The van der Waals surface area contributed by atoms with Gasteiger partial charge < -0.3 is 129 Å². The Balaban J connectivity index is 0.817. The lowest BCUT2D eigenvalue weighted by Crippen LogP contribution is -2.28. The molecule has 36 nitrogen and oxygen atoms in total. The predicted octanol–water partition coefficient (Wildman–Crippen LogP) is 7.33. The number of carbonyl (C=O) groups excluding carboxylic acids is 1. The number of fused-ring (bicyclic) bond motifs is 2. The quantitative estimate of drug-likeness (QED) is 0.0126. The molecule has 2 aliphatic rings. The van der Waals surface area contributed by atoms with Crippen LogP contribution >= 0.6 is 12.0 Å². The summed E-state index contributed by atoms with van der Waals surface area (Å²) in [5.74, 6) is -0.883. The van der Waals surface area contributed by atoms with E-state index in [0.29, 0.717) is 349 Å². The van der Waals surface area contributed by atoms with Crippen LogP contribution in [-0.2, 0) is 154 Å². The maximum absolute atomic E-state index is 12.8. The number of hydrogen-bond acceptors (Lipinski definition) is 33. The predicted molar refractivity (Wildman–Crippen MR) is 452 cm³/mol. The van der Waals surface area contributed by atoms with Gasteiger partial charge in [0.2, 0.25) is 11.6 Å². The Hall–Kier alpha value is -4.49. The lowest BCUT2D eigenvalue weighted by molar-refractivity contribution is -0.438. The number of nitrogens with one attached hydrogen (secondary N) is 1. The number of amides is 1. The summed E-state index contributed by atoms with van der Waals surface area (Å²) in [5.41, 5.74) is 4.47. The van der Waals surface area contributed by atoms with E-state index in [0.717, 1.165) is 76.5 Å². The molecule has 0 radical (unpaired) electrons. The van der Waals surface area contributed by atoms with Gasteiger partial charge in [-0.3, -0.25) is 14.1 Å². The van der Waals surface area contributed by atoms with E-state index in [1.54, 1.807) is 19.2 Å². The molecular formula is C84H144N3O33S2+. The molecule has 2 aliphatic heterocycles. The van der Waals surface area contributed by atoms with E-state index in [4.69, 9.17) is 123 Å². The first-order valence-corrected chi connectivity index (χ1v) is 44.8. The molecule has 0 bridgehead atoms. The van der Waals surface area contributed by atoms with Crippen molar-refractivity contribution in [2.75, 3.05) is 342 Å². The summed E-state index contributed by atoms with van der Waals surface area (Å²) in [7, 11) is -2.83. The molecule has 4 N–H and O–H groups in total. The van der Waals surface area contributed by atoms with Crippen LogP contribution in [0.1, 0.15) is 90.2 Å². The van der Waals surface area contributed by atoms with Crippen LogP contribution in [0.4, 0.5) is 11.4 Å². The number of aliphatic carboxylic acids is 1. The molecule has 0 spiro atoms. The summed E-state index contributed by atoms with van der Waals surface area (Å²) >= 11 is 0.886. The van der Waals surface area contributed by atoms with E-state index in [1.807, 2.05) is 44.2 Å². The summed E-state index contributed by atoms with van der Waals surface area (Å²) in [6.45, 7) is 32.0. The van der Waals surface area contributed by atoms with Gasteiger partial charge in [-0.15, -0.1) is 4.33 Å². The number of rotatable bonds is 90. The Labute approximate surface area is 726 Å². The van der Waals surface area contributed by atoms with Crippen LogP contribution in [0.5, 0.6) is 0 Å². The zero-order valence-electron chi connectivity index (χ0n) is 73.0. The smallest absolute Gasteiger partial charge is 0.303 e. The second-order valence-electron chi connectivity index (χ2n) is 28.4. The molecule has 0 aliphatic carbocycles. The Bertz CT molecular complexity index is 3120. The number of hydrogen-bond donors (Lipinski definition) is 4. The molecule has 0 unspecified atom stereocenters. The number of anilines is 1. The van der Waals surface area contributed by atoms with Crippen molar-refractivity contribution < 1.29 is 161 Å². The number of methoxy groups -OCH3 is 1. The SMILES string of the molecule is COCCOCCOCCOCCOCCOCCOCCOCCOCCOCCOCCOCCOCCOCCOCCOCCOCCOCCOCCOCCOCCOCCOCCOCCNC(=O)CCCCCN1C(=CC=CC2=[N+](CCCCCC(=O)O)c3ccc(SOOO)cc3C2(C)C)C(C)(C)c2cc(S(=O)(=O)O)ccc21. The highest BCUT2D eigenvalue weighted by Crippen LogP contribution is 2.49. The molecule has 0 aromatic heterocycles. The first-order valence-electron chi connectivity index (χ1n) is 42.6. The molecule has 2 heterocycles. The minimum atomic E-state index is -4.47. The van der Waals surface area contributed by atoms with Crippen LogP contribution in [0.3, 0.4) is 0 Å². The van der Waals surface area contributed by atoms with Gasteiger partial charge >= 0.3 is 5.97 Å². The summed E-state index contributed by atoms with van der Waals surface area (Å²) < 4.78 is 174. The highest BCUT2D eigenvalue weighted by atomic mass is 32.2. The molecule has 0 saturated carbocycles. The highest BCUT2D eigenvalue weighted by molar-refractivity contribution is 7.94. The number of carbonyl (C=O) groups is 2. The monoisotopic (exact) mass is 1790 g/mol. The second kappa shape index (κ2) is 74.4. The third-order valence-corrected chi connectivity index (χ3v) is 19.9. The number of nitrogens with zero attached hydrogens (tertiary/aromatic N) is 2. The summed E-state index contributed by atoms with van der Waals surface area (Å²) in [5, 5.41) is 24.8. The van der Waals surface area contributed by atoms with Crippen LogP contribution in [0.25, 0.3) is 0 Å². The van der Waals surface area contributed by atoms with Crippen molar-refractivity contribution >= 4 is 51.1 Å². The molecular weight excluding hydrogens is 1640 g/mol. The van der Waals surface area contributed by atoms with Crippen molar-refractivity contribution in [3.63, 3.8) is 0 Å². The van der Waals surface area contributed by atoms with E-state index in [2.05, 4.69) is 39.8 Å². The maximum Gasteiger partial charge on any atom is 0.303 e. The van der Waals surface area contributed by atoms with Gasteiger partial charge in [0.1, 0.15) is 6.54 Å².